The van der Waals surface area contributed by atoms with Crippen molar-refractivity contribution in [1.82, 2.24) is 0 Å². The molecule has 5 heteroatoms. The molecule has 0 bridgehead atoms. The van der Waals surface area contributed by atoms with Gasteiger partial charge in [-0.2, -0.15) is 5.26 Å². The molecule has 1 aliphatic rings. The SMILES string of the molecule is Cc1ccc(C#N)cc1NS(=O)(=O)C1CCCC1. The summed E-state index contributed by atoms with van der Waals surface area (Å²) in [5, 5.41) is 8.55. The molecule has 96 valence electrons. The molecular formula is C13H16N2O2S. The van der Waals surface area contributed by atoms with Crippen LogP contribution in [0.25, 0.3) is 0 Å². The van der Waals surface area contributed by atoms with Crippen molar-refractivity contribution in [2.24, 2.45) is 0 Å². The second-order valence-corrected chi connectivity index (χ2v) is 6.66. The summed E-state index contributed by atoms with van der Waals surface area (Å²) in [7, 11) is -3.32. The summed E-state index contributed by atoms with van der Waals surface area (Å²) >= 11 is 0. The fraction of sp³-hybridized carbons (Fsp3) is 0.462. The maximum absolute atomic E-state index is 12.2. The van der Waals surface area contributed by atoms with Gasteiger partial charge in [-0.25, -0.2) is 8.42 Å². The van der Waals surface area contributed by atoms with Crippen LogP contribution in [0.3, 0.4) is 0 Å². The minimum atomic E-state index is -3.32. The highest BCUT2D eigenvalue weighted by Gasteiger charge is 2.28. The second kappa shape index (κ2) is 4.99. The van der Waals surface area contributed by atoms with Crippen LogP contribution in [0.15, 0.2) is 18.2 Å². The summed E-state index contributed by atoms with van der Waals surface area (Å²) in [5.74, 6) is 0. The topological polar surface area (TPSA) is 70.0 Å². The van der Waals surface area contributed by atoms with Crippen LogP contribution in [0.2, 0.25) is 0 Å². The quantitative estimate of drug-likeness (QED) is 0.912. The first-order valence-electron chi connectivity index (χ1n) is 6.05. The molecule has 0 spiro atoms. The minimum Gasteiger partial charge on any atom is -0.283 e. The molecule has 1 fully saturated rings. The van der Waals surface area contributed by atoms with Gasteiger partial charge in [-0.1, -0.05) is 18.9 Å². The van der Waals surface area contributed by atoms with E-state index in [2.05, 4.69) is 4.72 Å². The molecule has 1 N–H and O–H groups in total. The van der Waals surface area contributed by atoms with Gasteiger partial charge >= 0.3 is 0 Å². The predicted molar refractivity (Wildman–Crippen MR) is 70.7 cm³/mol. The van der Waals surface area contributed by atoms with Crippen LogP contribution in [-0.2, 0) is 10.0 Å². The van der Waals surface area contributed by atoms with Crippen LogP contribution >= 0.6 is 0 Å². The second-order valence-electron chi connectivity index (χ2n) is 4.70. The molecule has 0 unspecified atom stereocenters. The van der Waals surface area contributed by atoms with Crippen molar-refractivity contribution < 1.29 is 8.42 Å². The molecule has 0 atom stereocenters. The zero-order chi connectivity index (χ0) is 13.2. The van der Waals surface area contributed by atoms with Crippen LogP contribution in [0.1, 0.15) is 36.8 Å². The van der Waals surface area contributed by atoms with Crippen molar-refractivity contribution >= 4 is 15.7 Å². The molecular weight excluding hydrogens is 248 g/mol. The number of rotatable bonds is 3. The van der Waals surface area contributed by atoms with Gasteiger partial charge in [0.25, 0.3) is 0 Å². The molecule has 0 aliphatic heterocycles. The van der Waals surface area contributed by atoms with Gasteiger partial charge < -0.3 is 0 Å². The van der Waals surface area contributed by atoms with E-state index in [0.717, 1.165) is 31.2 Å². The molecule has 0 aromatic heterocycles. The summed E-state index contributed by atoms with van der Waals surface area (Å²) in [5.41, 5.74) is 1.81. The maximum atomic E-state index is 12.2. The Bertz CT molecular complexity index is 581. The van der Waals surface area contributed by atoms with Gasteiger partial charge in [-0.05, 0) is 37.5 Å². The molecule has 1 aliphatic carbocycles. The molecule has 0 heterocycles. The van der Waals surface area contributed by atoms with Gasteiger partial charge in [-0.15, -0.1) is 0 Å². The molecule has 1 aromatic rings. The van der Waals surface area contributed by atoms with E-state index in [1.165, 1.54) is 0 Å². The van der Waals surface area contributed by atoms with Crippen molar-refractivity contribution in [3.8, 4) is 6.07 Å². The highest BCUT2D eigenvalue weighted by Crippen LogP contribution is 2.27. The molecule has 0 saturated heterocycles. The average molecular weight is 264 g/mol. The van der Waals surface area contributed by atoms with Gasteiger partial charge in [0.15, 0.2) is 0 Å². The van der Waals surface area contributed by atoms with E-state index in [0.29, 0.717) is 11.3 Å². The van der Waals surface area contributed by atoms with Crippen molar-refractivity contribution in [3.05, 3.63) is 29.3 Å². The molecule has 18 heavy (non-hydrogen) atoms. The van der Waals surface area contributed by atoms with Gasteiger partial charge in [0.05, 0.1) is 22.6 Å². The van der Waals surface area contributed by atoms with E-state index in [1.807, 2.05) is 13.0 Å². The Morgan fingerprint density at radius 1 is 1.33 bits per heavy atom. The van der Waals surface area contributed by atoms with Crippen LogP contribution in [0.5, 0.6) is 0 Å². The van der Waals surface area contributed by atoms with E-state index in [9.17, 15) is 8.42 Å². The van der Waals surface area contributed by atoms with Crippen molar-refractivity contribution in [2.75, 3.05) is 4.72 Å². The number of nitrogens with one attached hydrogen (secondary N) is 1. The van der Waals surface area contributed by atoms with Gasteiger partial charge in [0.1, 0.15) is 0 Å². The lowest BCUT2D eigenvalue weighted by molar-refractivity contribution is 0.585. The Balaban J connectivity index is 2.26. The van der Waals surface area contributed by atoms with E-state index in [-0.39, 0.29) is 5.25 Å². The summed E-state index contributed by atoms with van der Waals surface area (Å²) in [6.45, 7) is 1.83. The van der Waals surface area contributed by atoms with E-state index in [1.54, 1.807) is 18.2 Å². The van der Waals surface area contributed by atoms with Gasteiger partial charge in [-0.3, -0.25) is 4.72 Å². The summed E-state index contributed by atoms with van der Waals surface area (Å²) in [6.07, 6.45) is 3.41. The van der Waals surface area contributed by atoms with Gasteiger partial charge in [0, 0.05) is 0 Å². The number of nitrogens with zero attached hydrogens (tertiary/aromatic N) is 1. The highest BCUT2D eigenvalue weighted by atomic mass is 32.2. The fourth-order valence-electron chi connectivity index (χ4n) is 2.24. The van der Waals surface area contributed by atoms with Crippen LogP contribution in [0, 0.1) is 18.3 Å². The largest absolute Gasteiger partial charge is 0.283 e. The Hall–Kier alpha value is -1.54. The first kappa shape index (κ1) is 12.9. The Kier molecular flexibility index (Phi) is 3.58. The average Bonchev–Trinajstić information content (AvgIpc) is 2.86. The molecule has 0 amide bonds. The summed E-state index contributed by atoms with van der Waals surface area (Å²) in [4.78, 5) is 0. The normalized spacial score (nSPS) is 16.4. The minimum absolute atomic E-state index is 0.289. The van der Waals surface area contributed by atoms with E-state index >= 15 is 0 Å². The number of aryl methyl sites for hydroxylation is 1. The third-order valence-electron chi connectivity index (χ3n) is 3.36. The smallest absolute Gasteiger partial charge is 0.235 e. The number of sulfonamides is 1. The van der Waals surface area contributed by atoms with Crippen molar-refractivity contribution in [2.45, 2.75) is 37.9 Å². The number of hydrogen-bond donors (Lipinski definition) is 1. The van der Waals surface area contributed by atoms with E-state index in [4.69, 9.17) is 5.26 Å². The Morgan fingerprint density at radius 3 is 2.61 bits per heavy atom. The first-order valence-corrected chi connectivity index (χ1v) is 7.60. The monoisotopic (exact) mass is 264 g/mol. The number of nitriles is 1. The van der Waals surface area contributed by atoms with Crippen LogP contribution in [0.4, 0.5) is 5.69 Å². The first-order chi connectivity index (χ1) is 8.53. The molecule has 4 nitrogen and oxygen atoms in total. The van der Waals surface area contributed by atoms with E-state index < -0.39 is 10.0 Å². The number of anilines is 1. The van der Waals surface area contributed by atoms with Crippen LogP contribution < -0.4 is 4.72 Å². The molecule has 1 aromatic carbocycles. The molecule has 1 saturated carbocycles. The Labute approximate surface area is 108 Å². The number of hydrogen-bond acceptors (Lipinski definition) is 3. The predicted octanol–water partition coefficient (Wildman–Crippen LogP) is 2.55. The third-order valence-corrected chi connectivity index (χ3v) is 5.21. The molecule has 0 radical (unpaired) electrons. The summed E-state index contributed by atoms with van der Waals surface area (Å²) < 4.78 is 26.9. The fourth-order valence-corrected chi connectivity index (χ4v) is 3.88. The standard InChI is InChI=1S/C13H16N2O2S/c1-10-6-7-11(9-14)8-13(10)15-18(16,17)12-4-2-3-5-12/h6-8,12,15H,2-5H2,1H3. The zero-order valence-electron chi connectivity index (χ0n) is 10.3. The molecule has 2 rings (SSSR count). The zero-order valence-corrected chi connectivity index (χ0v) is 11.1. The van der Waals surface area contributed by atoms with Crippen LogP contribution in [-0.4, -0.2) is 13.7 Å². The lowest BCUT2D eigenvalue weighted by Gasteiger charge is -2.15. The summed E-state index contributed by atoms with van der Waals surface area (Å²) in [6, 6.07) is 7.04. The van der Waals surface area contributed by atoms with Crippen molar-refractivity contribution in [3.63, 3.8) is 0 Å². The highest BCUT2D eigenvalue weighted by molar-refractivity contribution is 7.93. The lowest BCUT2D eigenvalue weighted by atomic mass is 10.1. The van der Waals surface area contributed by atoms with Gasteiger partial charge in [0.2, 0.25) is 10.0 Å². The third kappa shape index (κ3) is 2.65. The number of benzene rings is 1. The lowest BCUT2D eigenvalue weighted by Crippen LogP contribution is -2.25. The maximum Gasteiger partial charge on any atom is 0.235 e. The van der Waals surface area contributed by atoms with Crippen molar-refractivity contribution in [1.29, 1.82) is 5.26 Å². The Morgan fingerprint density at radius 2 is 2.00 bits per heavy atom.